The lowest BCUT2D eigenvalue weighted by Gasteiger charge is -2.21. The number of β-amino-alcohol motifs (C(OH)–C–C–N with tert-alkyl or cyclic N) is 1. The van der Waals surface area contributed by atoms with Gasteiger partial charge in [-0.15, -0.1) is 0 Å². The molecule has 4 amide bonds. The van der Waals surface area contributed by atoms with Crippen LogP contribution in [-0.4, -0.2) is 54.4 Å². The fraction of sp³-hybridized carbons (Fsp3) is 0.263. The number of aliphatic hydroxyl groups excluding tert-OH is 1. The molecule has 8 nitrogen and oxygen atoms in total. The Labute approximate surface area is 180 Å². The molecule has 0 saturated carbocycles. The number of hydrogen-bond acceptors (Lipinski definition) is 4. The molecule has 156 valence electrons. The SMILES string of the molecule is NC(=O)Nc1ccc(OC[C@@H](O)CN2CCN(c3ccc(Cl)cc3)C2=O)cc1.S. The van der Waals surface area contributed by atoms with Crippen molar-refractivity contribution in [3.05, 3.63) is 53.6 Å². The second kappa shape index (κ2) is 10.2. The molecule has 0 spiro atoms. The molecule has 1 fully saturated rings. The van der Waals surface area contributed by atoms with Crippen molar-refractivity contribution in [1.29, 1.82) is 0 Å². The van der Waals surface area contributed by atoms with Crippen molar-refractivity contribution in [2.45, 2.75) is 6.10 Å². The van der Waals surface area contributed by atoms with Gasteiger partial charge in [0.25, 0.3) is 0 Å². The lowest BCUT2D eigenvalue weighted by Crippen LogP contribution is -2.39. The summed E-state index contributed by atoms with van der Waals surface area (Å²) in [7, 11) is 0. The maximum atomic E-state index is 12.5. The third kappa shape index (κ3) is 6.18. The minimum Gasteiger partial charge on any atom is -0.491 e. The molecule has 10 heteroatoms. The largest absolute Gasteiger partial charge is 0.491 e. The molecule has 2 aromatic rings. The molecule has 3 rings (SSSR count). The second-order valence-electron chi connectivity index (χ2n) is 6.34. The predicted octanol–water partition coefficient (Wildman–Crippen LogP) is 2.63. The Morgan fingerprint density at radius 2 is 1.83 bits per heavy atom. The van der Waals surface area contributed by atoms with Gasteiger partial charge < -0.3 is 25.8 Å². The Kier molecular flexibility index (Phi) is 8.00. The van der Waals surface area contributed by atoms with Gasteiger partial charge >= 0.3 is 12.1 Å². The lowest BCUT2D eigenvalue weighted by atomic mass is 10.3. The number of anilines is 2. The number of nitrogens with two attached hydrogens (primary N) is 1. The van der Waals surface area contributed by atoms with Crippen molar-refractivity contribution in [3.63, 3.8) is 0 Å². The predicted molar refractivity (Wildman–Crippen MR) is 117 cm³/mol. The zero-order valence-corrected chi connectivity index (χ0v) is 17.3. The number of halogens is 1. The molecule has 0 unspecified atom stereocenters. The second-order valence-corrected chi connectivity index (χ2v) is 6.77. The third-order valence-electron chi connectivity index (χ3n) is 4.23. The first-order valence-electron chi connectivity index (χ1n) is 8.72. The van der Waals surface area contributed by atoms with Gasteiger partial charge in [0.1, 0.15) is 18.5 Å². The minimum absolute atomic E-state index is 0. The molecule has 2 aromatic carbocycles. The number of aliphatic hydroxyl groups is 1. The lowest BCUT2D eigenvalue weighted by molar-refractivity contribution is 0.0829. The fourth-order valence-corrected chi connectivity index (χ4v) is 3.01. The third-order valence-corrected chi connectivity index (χ3v) is 4.48. The average Bonchev–Trinajstić information content (AvgIpc) is 3.02. The number of primary amides is 1. The number of urea groups is 2. The van der Waals surface area contributed by atoms with E-state index in [4.69, 9.17) is 22.1 Å². The molecule has 1 saturated heterocycles. The van der Waals surface area contributed by atoms with E-state index in [1.54, 1.807) is 58.3 Å². The van der Waals surface area contributed by atoms with E-state index in [1.165, 1.54) is 0 Å². The molecular weight excluding hydrogens is 416 g/mol. The average molecular weight is 439 g/mol. The van der Waals surface area contributed by atoms with Gasteiger partial charge in [0.15, 0.2) is 0 Å². The van der Waals surface area contributed by atoms with E-state index in [0.29, 0.717) is 29.5 Å². The molecule has 0 aliphatic carbocycles. The Morgan fingerprint density at radius 3 is 2.45 bits per heavy atom. The van der Waals surface area contributed by atoms with Crippen LogP contribution in [0.25, 0.3) is 0 Å². The van der Waals surface area contributed by atoms with Gasteiger partial charge in [-0.25, -0.2) is 9.59 Å². The number of benzene rings is 2. The number of nitrogens with one attached hydrogen (secondary N) is 1. The molecule has 1 heterocycles. The number of carbonyl (C=O) groups is 2. The number of rotatable bonds is 7. The normalized spacial score (nSPS) is 14.3. The van der Waals surface area contributed by atoms with Gasteiger partial charge in [-0.05, 0) is 48.5 Å². The van der Waals surface area contributed by atoms with Gasteiger partial charge in [0.05, 0.1) is 6.54 Å². The molecule has 1 aliphatic heterocycles. The Hall–Kier alpha value is -2.62. The summed E-state index contributed by atoms with van der Waals surface area (Å²) in [6, 6.07) is 12.8. The van der Waals surface area contributed by atoms with E-state index in [0.717, 1.165) is 5.69 Å². The standard InChI is InChI=1S/C19H21ClN4O4.H2S/c20-13-1-5-15(6-2-13)24-10-9-23(19(24)27)11-16(25)12-28-17-7-3-14(4-8-17)22-18(21)26;/h1-8,16,25H,9-12H2,(H3,21,22,26);1H2/t16-;/m0./s1. The van der Waals surface area contributed by atoms with E-state index < -0.39 is 12.1 Å². The summed E-state index contributed by atoms with van der Waals surface area (Å²) in [6.45, 7) is 1.27. The zero-order chi connectivity index (χ0) is 20.1. The molecule has 29 heavy (non-hydrogen) atoms. The first-order valence-corrected chi connectivity index (χ1v) is 9.09. The van der Waals surface area contributed by atoms with Crippen molar-refractivity contribution in [1.82, 2.24) is 4.90 Å². The van der Waals surface area contributed by atoms with Crippen LogP contribution in [-0.2, 0) is 0 Å². The number of hydrogen-bond donors (Lipinski definition) is 3. The van der Waals surface area contributed by atoms with Gasteiger partial charge in [-0.1, -0.05) is 11.6 Å². The van der Waals surface area contributed by atoms with Gasteiger partial charge in [-0.2, -0.15) is 13.5 Å². The van der Waals surface area contributed by atoms with Crippen LogP contribution in [0.4, 0.5) is 21.0 Å². The van der Waals surface area contributed by atoms with Crippen LogP contribution in [0, 0.1) is 0 Å². The highest BCUT2D eigenvalue weighted by Gasteiger charge is 2.30. The molecule has 1 atom stereocenters. The first-order chi connectivity index (χ1) is 13.4. The number of nitrogens with zero attached hydrogens (tertiary/aromatic N) is 2. The van der Waals surface area contributed by atoms with Crippen molar-refractivity contribution >= 4 is 48.5 Å². The van der Waals surface area contributed by atoms with E-state index in [2.05, 4.69) is 5.32 Å². The van der Waals surface area contributed by atoms with Gasteiger partial charge in [0.2, 0.25) is 0 Å². The van der Waals surface area contributed by atoms with Crippen LogP contribution in [0.1, 0.15) is 0 Å². The molecule has 0 aromatic heterocycles. The molecule has 4 N–H and O–H groups in total. The summed E-state index contributed by atoms with van der Waals surface area (Å²) >= 11 is 5.88. The highest BCUT2D eigenvalue weighted by molar-refractivity contribution is 7.59. The summed E-state index contributed by atoms with van der Waals surface area (Å²) in [4.78, 5) is 26.6. The Bertz CT molecular complexity index is 835. The van der Waals surface area contributed by atoms with Crippen molar-refractivity contribution in [3.8, 4) is 5.75 Å². The molecular formula is C19H23ClN4O4S. The first kappa shape index (κ1) is 22.7. The highest BCUT2D eigenvalue weighted by Crippen LogP contribution is 2.22. The van der Waals surface area contributed by atoms with Gasteiger partial charge in [-0.3, -0.25) is 4.90 Å². The zero-order valence-electron chi connectivity index (χ0n) is 15.5. The summed E-state index contributed by atoms with van der Waals surface area (Å²) < 4.78 is 5.54. The smallest absolute Gasteiger partial charge is 0.324 e. The monoisotopic (exact) mass is 438 g/mol. The van der Waals surface area contributed by atoms with Crippen molar-refractivity contribution in [2.24, 2.45) is 5.73 Å². The van der Waals surface area contributed by atoms with E-state index in [1.807, 2.05) is 0 Å². The number of ether oxygens (including phenoxy) is 1. The van der Waals surface area contributed by atoms with E-state index in [9.17, 15) is 14.7 Å². The maximum absolute atomic E-state index is 12.5. The van der Waals surface area contributed by atoms with Crippen LogP contribution in [0.3, 0.4) is 0 Å². The van der Waals surface area contributed by atoms with Gasteiger partial charge in [0, 0.05) is 29.5 Å². The molecule has 0 radical (unpaired) electrons. The van der Waals surface area contributed by atoms with E-state index >= 15 is 0 Å². The highest BCUT2D eigenvalue weighted by atomic mass is 35.5. The summed E-state index contributed by atoms with van der Waals surface area (Å²) in [5.41, 5.74) is 6.36. The maximum Gasteiger partial charge on any atom is 0.324 e. The molecule has 1 aliphatic rings. The minimum atomic E-state index is -0.836. The van der Waals surface area contributed by atoms with Crippen LogP contribution in [0.5, 0.6) is 5.75 Å². The quantitative estimate of drug-likeness (QED) is 0.617. The summed E-state index contributed by atoms with van der Waals surface area (Å²) in [6.07, 6.45) is -0.836. The Morgan fingerprint density at radius 1 is 1.17 bits per heavy atom. The van der Waals surface area contributed by atoms with Crippen LogP contribution in [0.15, 0.2) is 48.5 Å². The summed E-state index contributed by atoms with van der Waals surface area (Å²) in [5, 5.41) is 13.3. The summed E-state index contributed by atoms with van der Waals surface area (Å²) in [5.74, 6) is 0.532. The van der Waals surface area contributed by atoms with Crippen molar-refractivity contribution in [2.75, 3.05) is 36.5 Å². The number of amides is 4. The van der Waals surface area contributed by atoms with E-state index in [-0.39, 0.29) is 32.7 Å². The van der Waals surface area contributed by atoms with Crippen LogP contribution in [0.2, 0.25) is 5.02 Å². The topological polar surface area (TPSA) is 108 Å². The Balaban J connectivity index is 0.00000300. The fourth-order valence-electron chi connectivity index (χ4n) is 2.89. The van der Waals surface area contributed by atoms with Crippen LogP contribution >= 0.6 is 25.1 Å². The van der Waals surface area contributed by atoms with Crippen molar-refractivity contribution < 1.29 is 19.4 Å². The van der Waals surface area contributed by atoms with Crippen LogP contribution < -0.4 is 20.7 Å². The molecule has 0 bridgehead atoms. The number of carbonyl (C=O) groups excluding carboxylic acids is 2.